The van der Waals surface area contributed by atoms with Gasteiger partial charge in [0, 0.05) is 49.5 Å². The predicted molar refractivity (Wildman–Crippen MR) is 159 cm³/mol. The van der Waals surface area contributed by atoms with Crippen LogP contribution in [0.25, 0.3) is 0 Å². The minimum Gasteiger partial charge on any atom is -0.381 e. The molecule has 0 aromatic heterocycles. The topological polar surface area (TPSA) is 99.8 Å². The molecule has 0 unspecified atom stereocenters. The van der Waals surface area contributed by atoms with E-state index in [1.807, 2.05) is 30.3 Å². The number of nitrogens with one attached hydrogen (secondary N) is 3. The summed E-state index contributed by atoms with van der Waals surface area (Å²) in [4.78, 5) is 42.4. The van der Waals surface area contributed by atoms with Crippen molar-refractivity contribution >= 4 is 35.0 Å². The second-order valence-electron chi connectivity index (χ2n) is 11.5. The molecule has 3 amide bonds. The van der Waals surface area contributed by atoms with Crippen LogP contribution in [0.3, 0.4) is 0 Å². The number of piperidine rings is 1. The van der Waals surface area contributed by atoms with Gasteiger partial charge in [0.25, 0.3) is 0 Å². The van der Waals surface area contributed by atoms with Crippen LogP contribution in [-0.2, 0) is 25.5 Å². The first-order chi connectivity index (χ1) is 19.9. The minimum atomic E-state index is -0.670. The summed E-state index contributed by atoms with van der Waals surface area (Å²) < 4.78 is 5.59. The van der Waals surface area contributed by atoms with Gasteiger partial charge in [-0.25, -0.2) is 0 Å². The van der Waals surface area contributed by atoms with E-state index < -0.39 is 11.5 Å². The van der Waals surface area contributed by atoms with Crippen LogP contribution < -0.4 is 16.0 Å². The lowest BCUT2D eigenvalue weighted by atomic mass is 9.75. The maximum Gasteiger partial charge on any atom is 0.243 e. The molecule has 1 spiro atoms. The van der Waals surface area contributed by atoms with Gasteiger partial charge < -0.3 is 20.7 Å². The number of nitrogens with zero attached hydrogens (tertiary/aromatic N) is 1. The van der Waals surface area contributed by atoms with Gasteiger partial charge in [-0.2, -0.15) is 0 Å². The molecule has 3 heterocycles. The van der Waals surface area contributed by atoms with Crippen molar-refractivity contribution in [1.29, 1.82) is 0 Å². The van der Waals surface area contributed by atoms with Crippen LogP contribution in [0.15, 0.2) is 66.7 Å². The number of hydrogen-bond donors (Lipinski definition) is 3. The van der Waals surface area contributed by atoms with E-state index in [-0.39, 0.29) is 36.2 Å². The summed E-state index contributed by atoms with van der Waals surface area (Å²) in [5.41, 5.74) is 1.13. The molecule has 41 heavy (non-hydrogen) atoms. The predicted octanol–water partition coefficient (Wildman–Crippen LogP) is 3.96. The first-order valence-corrected chi connectivity index (χ1v) is 14.9. The summed E-state index contributed by atoms with van der Waals surface area (Å²) in [6.45, 7) is 2.73. The number of amides is 3. The number of halogens is 1. The molecule has 218 valence electrons. The molecule has 5 rings (SSSR count). The highest BCUT2D eigenvalue weighted by Gasteiger charge is 2.41. The molecular weight excluding hydrogens is 540 g/mol. The lowest BCUT2D eigenvalue weighted by Crippen LogP contribution is -2.58. The smallest absolute Gasteiger partial charge is 0.243 e. The molecule has 3 N–H and O–H groups in total. The van der Waals surface area contributed by atoms with Crippen molar-refractivity contribution in [3.05, 3.63) is 77.3 Å². The molecule has 0 saturated carbocycles. The lowest BCUT2D eigenvalue weighted by Gasteiger charge is -2.40. The van der Waals surface area contributed by atoms with E-state index in [4.69, 9.17) is 16.3 Å². The fourth-order valence-corrected chi connectivity index (χ4v) is 6.26. The second-order valence-corrected chi connectivity index (χ2v) is 11.9. The monoisotopic (exact) mass is 578 g/mol. The van der Waals surface area contributed by atoms with Crippen molar-refractivity contribution in [2.45, 2.75) is 50.6 Å². The average molecular weight is 579 g/mol. The Kier molecular flexibility index (Phi) is 9.75. The van der Waals surface area contributed by atoms with Gasteiger partial charge in [-0.05, 0) is 67.9 Å². The maximum absolute atomic E-state index is 13.7. The Balaban J connectivity index is 1.31. The minimum absolute atomic E-state index is 0.0469. The molecule has 2 aromatic rings. The van der Waals surface area contributed by atoms with Crippen molar-refractivity contribution < 1.29 is 19.1 Å². The molecule has 8 nitrogen and oxygen atoms in total. The van der Waals surface area contributed by atoms with Gasteiger partial charge in [-0.15, -0.1) is 0 Å². The maximum atomic E-state index is 13.7. The number of benzene rings is 2. The number of carbonyl (C=O) groups is 3. The van der Waals surface area contributed by atoms with Crippen molar-refractivity contribution in [1.82, 2.24) is 15.5 Å². The molecule has 3 atom stereocenters. The Labute approximate surface area is 246 Å². The Morgan fingerprint density at radius 2 is 1.78 bits per heavy atom. The van der Waals surface area contributed by atoms with Crippen LogP contribution in [0.1, 0.15) is 37.7 Å². The normalized spacial score (nSPS) is 26.0. The van der Waals surface area contributed by atoms with Crippen LogP contribution in [0.4, 0.5) is 5.69 Å². The van der Waals surface area contributed by atoms with E-state index >= 15 is 0 Å². The molecule has 2 fully saturated rings. The zero-order chi connectivity index (χ0) is 28.7. The van der Waals surface area contributed by atoms with Gasteiger partial charge in [-0.1, -0.05) is 54.1 Å². The molecular formula is C32H39ClN4O4. The number of fused-ring (bicyclic) bond motifs is 1. The highest BCUT2D eigenvalue weighted by Crippen LogP contribution is 2.36. The fraction of sp³-hybridized carbons (Fsp3) is 0.469. The molecule has 2 aromatic carbocycles. The molecule has 3 aliphatic rings. The van der Waals surface area contributed by atoms with Gasteiger partial charge in [0.2, 0.25) is 17.7 Å². The molecule has 9 heteroatoms. The average Bonchev–Trinajstić information content (AvgIpc) is 2.98. The molecule has 3 aliphatic heterocycles. The first kappa shape index (κ1) is 29.3. The van der Waals surface area contributed by atoms with E-state index in [9.17, 15) is 14.4 Å². The number of carbonyl (C=O) groups excluding carboxylic acids is 3. The largest absolute Gasteiger partial charge is 0.381 e. The van der Waals surface area contributed by atoms with Crippen LogP contribution in [0.2, 0.25) is 5.02 Å². The van der Waals surface area contributed by atoms with Crippen molar-refractivity contribution in [3.63, 3.8) is 0 Å². The molecule has 0 aliphatic carbocycles. The highest BCUT2D eigenvalue weighted by molar-refractivity contribution is 6.30. The number of ether oxygens (including phenoxy) is 1. The third-order valence-electron chi connectivity index (χ3n) is 8.59. The number of rotatable bonds is 5. The van der Waals surface area contributed by atoms with Crippen LogP contribution in [-0.4, -0.2) is 67.6 Å². The van der Waals surface area contributed by atoms with E-state index in [0.717, 1.165) is 18.4 Å². The number of anilines is 1. The standard InChI is InChI=1S/C32H39ClN4O4/c33-25-9-11-26(12-10-25)34-29(38)22-37-17-13-27-24(21-37)8-4-5-14-32(15-18-41-19-16-32)31(40)36-28(30(39)35-27)20-23-6-2-1-3-7-23/h1-7,9-12,24,27-28H,8,13-22H2,(H,34,38)(H,35,39)(H,36,40)/b5-4+/t24-,27+,28+/m0/s1. The molecule has 0 bridgehead atoms. The van der Waals surface area contributed by atoms with Gasteiger partial charge >= 0.3 is 0 Å². The van der Waals surface area contributed by atoms with Gasteiger partial charge in [0.05, 0.1) is 12.0 Å². The lowest BCUT2D eigenvalue weighted by molar-refractivity contribution is -0.140. The Bertz CT molecular complexity index is 1230. The summed E-state index contributed by atoms with van der Waals surface area (Å²) in [5, 5.41) is 9.99. The summed E-state index contributed by atoms with van der Waals surface area (Å²) >= 11 is 5.96. The van der Waals surface area contributed by atoms with E-state index in [0.29, 0.717) is 62.7 Å². The van der Waals surface area contributed by atoms with Gasteiger partial charge in [-0.3, -0.25) is 19.3 Å². The zero-order valence-electron chi connectivity index (χ0n) is 23.3. The third kappa shape index (κ3) is 7.76. The number of hydrogen-bond acceptors (Lipinski definition) is 5. The molecule has 2 saturated heterocycles. The summed E-state index contributed by atoms with van der Waals surface area (Å²) in [6, 6.07) is 16.2. The highest BCUT2D eigenvalue weighted by atomic mass is 35.5. The third-order valence-corrected chi connectivity index (χ3v) is 8.84. The fourth-order valence-electron chi connectivity index (χ4n) is 6.14. The first-order valence-electron chi connectivity index (χ1n) is 14.6. The Morgan fingerprint density at radius 1 is 1.02 bits per heavy atom. The van der Waals surface area contributed by atoms with E-state index in [1.165, 1.54) is 0 Å². The summed E-state index contributed by atoms with van der Waals surface area (Å²) in [6.07, 6.45) is 8.07. The van der Waals surface area contributed by atoms with E-state index in [1.54, 1.807) is 24.3 Å². The van der Waals surface area contributed by atoms with Crippen molar-refractivity contribution in [2.75, 3.05) is 38.2 Å². The number of allylic oxidation sites excluding steroid dienone is 2. The van der Waals surface area contributed by atoms with Crippen molar-refractivity contribution in [2.24, 2.45) is 11.3 Å². The summed E-state index contributed by atoms with van der Waals surface area (Å²) in [5.74, 6) is -0.158. The van der Waals surface area contributed by atoms with Gasteiger partial charge in [0.15, 0.2) is 0 Å². The van der Waals surface area contributed by atoms with Crippen molar-refractivity contribution in [3.8, 4) is 0 Å². The van der Waals surface area contributed by atoms with Crippen LogP contribution >= 0.6 is 11.6 Å². The SMILES string of the molecule is O=C(CN1CC[C@H]2NC(=O)[C@@H](Cc3ccccc3)NC(=O)C3(C/C=C/C[C@H]2C1)CCOCC3)Nc1ccc(Cl)cc1. The quantitative estimate of drug-likeness (QED) is 0.467. The second kappa shape index (κ2) is 13.6. The zero-order valence-corrected chi connectivity index (χ0v) is 24.1. The summed E-state index contributed by atoms with van der Waals surface area (Å²) in [7, 11) is 0. The van der Waals surface area contributed by atoms with E-state index in [2.05, 4.69) is 33.0 Å². The molecule has 0 radical (unpaired) electrons. The van der Waals surface area contributed by atoms with Gasteiger partial charge in [0.1, 0.15) is 6.04 Å². The number of likely N-dealkylation sites (tertiary alicyclic amines) is 1. The Morgan fingerprint density at radius 3 is 2.54 bits per heavy atom. The van der Waals surface area contributed by atoms with Crippen LogP contribution in [0, 0.1) is 11.3 Å². The van der Waals surface area contributed by atoms with Crippen LogP contribution in [0.5, 0.6) is 0 Å². The Hall–Kier alpha value is -3.20.